The zero-order valence-electron chi connectivity index (χ0n) is 22.2. The first-order valence-electron chi connectivity index (χ1n) is 13.1. The van der Waals surface area contributed by atoms with Crippen molar-refractivity contribution in [2.24, 2.45) is 7.05 Å². The number of imidazole rings is 1. The van der Waals surface area contributed by atoms with Gasteiger partial charge in [-0.2, -0.15) is 4.39 Å². The summed E-state index contributed by atoms with van der Waals surface area (Å²) in [5, 5.41) is 9.79. The minimum Gasteiger partial charge on any atom is -0.478 e. The molecule has 0 bridgehead atoms. The Bertz CT molecular complexity index is 1560. The predicted molar refractivity (Wildman–Crippen MR) is 146 cm³/mol. The molecule has 0 amide bonds. The molecule has 216 valence electrons. The van der Waals surface area contributed by atoms with Gasteiger partial charge >= 0.3 is 5.97 Å². The number of hydrogen-bond acceptors (Lipinski definition) is 6. The number of carboxylic acids is 1. The van der Waals surface area contributed by atoms with Gasteiger partial charge in [0.1, 0.15) is 23.8 Å². The van der Waals surface area contributed by atoms with Crippen molar-refractivity contribution in [3.63, 3.8) is 0 Å². The highest BCUT2D eigenvalue weighted by Gasteiger charge is 2.25. The van der Waals surface area contributed by atoms with Crippen LogP contribution >= 0.6 is 11.6 Å². The number of alkyl halides is 2. The molecule has 1 N–H and O–H groups in total. The van der Waals surface area contributed by atoms with E-state index in [1.54, 1.807) is 29.8 Å². The second kappa shape index (κ2) is 12.4. The van der Waals surface area contributed by atoms with E-state index in [9.17, 15) is 23.1 Å². The molecule has 1 saturated heterocycles. The normalized spacial score (nSPS) is 15.2. The summed E-state index contributed by atoms with van der Waals surface area (Å²) >= 11 is 5.82. The summed E-state index contributed by atoms with van der Waals surface area (Å²) in [6.45, 7) is 0.670. The van der Waals surface area contributed by atoms with Crippen molar-refractivity contribution in [2.75, 3.05) is 19.8 Å². The van der Waals surface area contributed by atoms with E-state index in [0.29, 0.717) is 34.4 Å². The van der Waals surface area contributed by atoms with Gasteiger partial charge in [-0.15, -0.1) is 0 Å². The first-order valence-corrected chi connectivity index (χ1v) is 13.4. The summed E-state index contributed by atoms with van der Waals surface area (Å²) in [6, 6.07) is 12.6. The van der Waals surface area contributed by atoms with Gasteiger partial charge in [0.25, 0.3) is 6.36 Å². The van der Waals surface area contributed by atoms with Gasteiger partial charge in [-0.3, -0.25) is 4.90 Å². The number of carbonyl (C=O) groups is 1. The lowest BCUT2D eigenvalue weighted by Crippen LogP contribution is -2.33. The summed E-state index contributed by atoms with van der Waals surface area (Å²) in [4.78, 5) is 23.0. The number of ether oxygens (including phenoxy) is 2. The van der Waals surface area contributed by atoms with Crippen molar-refractivity contribution in [3.05, 3.63) is 82.0 Å². The number of aromatic nitrogens is 3. The lowest BCUT2D eigenvalue weighted by atomic mass is 9.93. The zero-order valence-corrected chi connectivity index (χ0v) is 23.0. The van der Waals surface area contributed by atoms with E-state index >= 15 is 0 Å². The van der Waals surface area contributed by atoms with Gasteiger partial charge in [0.05, 0.1) is 17.6 Å². The topological polar surface area (TPSA) is 89.7 Å². The molecule has 1 aliphatic rings. The number of halogens is 4. The van der Waals surface area contributed by atoms with Crippen molar-refractivity contribution in [1.82, 2.24) is 19.4 Å². The smallest absolute Gasteiger partial charge is 0.335 e. The molecule has 0 aliphatic carbocycles. The Morgan fingerprint density at radius 1 is 1.17 bits per heavy atom. The van der Waals surface area contributed by atoms with Crippen LogP contribution in [0.4, 0.5) is 13.2 Å². The van der Waals surface area contributed by atoms with Gasteiger partial charge in [0.2, 0.25) is 5.88 Å². The maximum absolute atomic E-state index is 14.1. The number of aryl methyl sites for hydroxylation is 1. The Morgan fingerprint density at radius 2 is 1.95 bits per heavy atom. The van der Waals surface area contributed by atoms with Crippen LogP contribution in [0.25, 0.3) is 11.0 Å². The molecule has 1 fully saturated rings. The van der Waals surface area contributed by atoms with Crippen LogP contribution in [0.15, 0.2) is 48.5 Å². The Balaban J connectivity index is 1.24. The van der Waals surface area contributed by atoms with E-state index in [0.717, 1.165) is 37.7 Å². The third kappa shape index (κ3) is 6.57. The molecule has 0 unspecified atom stereocenters. The quantitative estimate of drug-likeness (QED) is 0.241. The van der Waals surface area contributed by atoms with E-state index in [1.807, 2.05) is 12.1 Å². The molecule has 0 radical (unpaired) electrons. The highest BCUT2D eigenvalue weighted by atomic mass is 35.5. The summed E-state index contributed by atoms with van der Waals surface area (Å²) in [5.74, 6) is -0.484. The van der Waals surface area contributed by atoms with Gasteiger partial charge in [-0.25, -0.2) is 23.5 Å². The molecule has 1 aliphatic heterocycles. The maximum Gasteiger partial charge on any atom is 0.335 e. The summed E-state index contributed by atoms with van der Waals surface area (Å²) in [6.07, 6.45) is -0.545. The molecule has 12 heteroatoms. The number of carboxylic acid groups (broad SMARTS) is 1. The summed E-state index contributed by atoms with van der Waals surface area (Å²) in [7, 11) is 1.75. The van der Waals surface area contributed by atoms with Crippen molar-refractivity contribution in [2.45, 2.75) is 38.3 Å². The molecule has 3 heterocycles. The third-order valence-corrected chi connectivity index (χ3v) is 7.41. The van der Waals surface area contributed by atoms with E-state index in [2.05, 4.69) is 14.9 Å². The molecule has 2 aromatic carbocycles. The number of aromatic carboxylic acids is 1. The van der Waals surface area contributed by atoms with Gasteiger partial charge < -0.3 is 19.1 Å². The van der Waals surface area contributed by atoms with E-state index < -0.39 is 24.8 Å². The predicted octanol–water partition coefficient (Wildman–Crippen LogP) is 6.06. The molecule has 5 rings (SSSR count). The fourth-order valence-corrected chi connectivity index (χ4v) is 5.10. The van der Waals surface area contributed by atoms with E-state index in [4.69, 9.17) is 21.1 Å². The molecule has 41 heavy (non-hydrogen) atoms. The number of hydrogen-bond donors (Lipinski definition) is 1. The fraction of sp³-hybridized carbons (Fsp3) is 0.345. The minimum atomic E-state index is -2.22. The maximum atomic E-state index is 14.1. The molecule has 8 nitrogen and oxygen atoms in total. The largest absolute Gasteiger partial charge is 0.478 e. The van der Waals surface area contributed by atoms with Gasteiger partial charge in [-0.1, -0.05) is 23.7 Å². The number of rotatable bonds is 10. The van der Waals surface area contributed by atoms with E-state index in [1.165, 1.54) is 12.1 Å². The minimum absolute atomic E-state index is 0.0381. The average Bonchev–Trinajstić information content (AvgIpc) is 3.28. The van der Waals surface area contributed by atoms with Crippen LogP contribution in [0.2, 0.25) is 5.02 Å². The molecule has 0 saturated carbocycles. The van der Waals surface area contributed by atoms with Crippen LogP contribution in [0.1, 0.15) is 46.2 Å². The zero-order chi connectivity index (χ0) is 29.1. The molecular weight excluding hydrogens is 561 g/mol. The monoisotopic (exact) mass is 588 g/mol. The Morgan fingerprint density at radius 3 is 2.66 bits per heavy atom. The number of nitrogens with zero attached hydrogens (tertiary/aromatic N) is 4. The first kappa shape index (κ1) is 28.7. The number of piperidine rings is 1. The molecule has 0 spiro atoms. The number of pyridine rings is 1. The highest BCUT2D eigenvalue weighted by Crippen LogP contribution is 2.32. The molecule has 1 atom stereocenters. The second-order valence-electron chi connectivity index (χ2n) is 9.89. The summed E-state index contributed by atoms with van der Waals surface area (Å²) < 4.78 is 53.0. The molecule has 2 aromatic heterocycles. The van der Waals surface area contributed by atoms with Crippen molar-refractivity contribution in [3.8, 4) is 11.6 Å². The standard InChI is InChI=1S/C29H28ClF3N4O4/c1-36-23-11-19(29(38)39)12-24(41-25(33)14-31)28(23)35-26(36)15-37-9-7-17(8-10-37)22-3-2-4-27(34-22)40-16-18-5-6-20(30)13-21(18)32/h2-6,11-13,17,25H,7-10,14-16H2,1H3,(H,38,39)/t25-/m1/s1. The van der Waals surface area contributed by atoms with Crippen LogP contribution < -0.4 is 9.47 Å². The van der Waals surface area contributed by atoms with Crippen molar-refractivity contribution < 1.29 is 32.5 Å². The SMILES string of the molecule is Cn1c(CN2CCC(c3cccc(OCc4ccc(Cl)cc4F)n3)CC2)nc2c(O[C@@H](F)CF)cc(C(=O)O)cc21. The molecular formula is C29H28ClF3N4O4. The van der Waals surface area contributed by atoms with Gasteiger partial charge in [-0.05, 0) is 56.3 Å². The van der Waals surface area contributed by atoms with Crippen LogP contribution in [0, 0.1) is 5.82 Å². The lowest BCUT2D eigenvalue weighted by molar-refractivity contribution is 0.0443. The number of likely N-dealkylation sites (tertiary alicyclic amines) is 1. The van der Waals surface area contributed by atoms with Crippen LogP contribution in [0.3, 0.4) is 0 Å². The lowest BCUT2D eigenvalue weighted by Gasteiger charge is -2.31. The van der Waals surface area contributed by atoms with Gasteiger partial charge in [0.15, 0.2) is 12.4 Å². The third-order valence-electron chi connectivity index (χ3n) is 7.17. The Kier molecular flexibility index (Phi) is 8.65. The average molecular weight is 589 g/mol. The van der Waals surface area contributed by atoms with E-state index in [-0.39, 0.29) is 29.4 Å². The number of benzene rings is 2. The van der Waals surface area contributed by atoms with Crippen LogP contribution in [-0.2, 0) is 20.2 Å². The fourth-order valence-electron chi connectivity index (χ4n) is 4.94. The number of fused-ring (bicyclic) bond motifs is 1. The highest BCUT2D eigenvalue weighted by molar-refractivity contribution is 6.30. The van der Waals surface area contributed by atoms with Crippen molar-refractivity contribution >= 4 is 28.6 Å². The first-order chi connectivity index (χ1) is 19.7. The van der Waals surface area contributed by atoms with Crippen LogP contribution in [0.5, 0.6) is 11.6 Å². The van der Waals surface area contributed by atoms with Gasteiger partial charge in [0, 0.05) is 35.3 Å². The van der Waals surface area contributed by atoms with Crippen molar-refractivity contribution in [1.29, 1.82) is 0 Å². The summed E-state index contributed by atoms with van der Waals surface area (Å²) in [5.41, 5.74) is 1.92. The second-order valence-corrected chi connectivity index (χ2v) is 10.3. The molecule has 4 aromatic rings. The Hall–Kier alpha value is -3.83. The Labute approximate surface area is 239 Å². The van der Waals surface area contributed by atoms with Crippen LogP contribution in [-0.4, -0.2) is 56.6 Å².